The minimum Gasteiger partial charge on any atom is -0.0850 e. The lowest BCUT2D eigenvalue weighted by Crippen LogP contribution is -2.26. The van der Waals surface area contributed by atoms with Crippen LogP contribution in [-0.4, -0.2) is 0 Å². The number of rotatable bonds is 11. The van der Waals surface area contributed by atoms with Gasteiger partial charge in [0.25, 0.3) is 0 Å². The largest absolute Gasteiger partial charge is 0.0850 e. The molecule has 0 spiro atoms. The average molecular weight is 539 g/mol. The molecule has 0 fully saturated rings. The molecule has 0 nitrogen and oxygen atoms in total. The van der Waals surface area contributed by atoms with Gasteiger partial charge in [-0.15, -0.1) is 0 Å². The normalized spacial score (nSPS) is 24.9. The summed E-state index contributed by atoms with van der Waals surface area (Å²) in [6.07, 6.45) is 39.1. The van der Waals surface area contributed by atoms with Gasteiger partial charge in [0.2, 0.25) is 0 Å². The molecular formula is C40H58. The SMILES string of the molecule is CC1=CCCC(C)(C)[C@@H]1/C=C/C(C)=C/CC/C(C)=C/C=C/C=C(C)/C=C/C=C(C)/C=C/[C@H]1C(C)=CCCC1(C)C. The summed E-state index contributed by atoms with van der Waals surface area (Å²) in [5.74, 6) is 1.09. The summed E-state index contributed by atoms with van der Waals surface area (Å²) in [7, 11) is 0. The maximum absolute atomic E-state index is 2.43. The van der Waals surface area contributed by atoms with Crippen molar-refractivity contribution in [1.29, 1.82) is 0 Å². The first-order valence-corrected chi connectivity index (χ1v) is 15.5. The molecule has 0 unspecified atom stereocenters. The first-order chi connectivity index (χ1) is 18.8. The van der Waals surface area contributed by atoms with E-state index in [9.17, 15) is 0 Å². The number of allylic oxidation sites excluding steroid dienone is 20. The van der Waals surface area contributed by atoms with Gasteiger partial charge in [-0.25, -0.2) is 0 Å². The van der Waals surface area contributed by atoms with E-state index < -0.39 is 0 Å². The maximum atomic E-state index is 2.43. The number of hydrogen-bond donors (Lipinski definition) is 0. The van der Waals surface area contributed by atoms with E-state index in [1.165, 1.54) is 59.1 Å². The molecule has 0 radical (unpaired) electrons. The molecule has 0 amide bonds. The molecule has 40 heavy (non-hydrogen) atoms. The van der Waals surface area contributed by atoms with Crippen molar-refractivity contribution in [1.82, 2.24) is 0 Å². The molecular weight excluding hydrogens is 480 g/mol. The van der Waals surface area contributed by atoms with Gasteiger partial charge in [-0.3, -0.25) is 0 Å². The fourth-order valence-electron chi connectivity index (χ4n) is 6.03. The Hall–Kier alpha value is -2.60. The highest BCUT2D eigenvalue weighted by Crippen LogP contribution is 2.42. The van der Waals surface area contributed by atoms with Gasteiger partial charge in [0.15, 0.2) is 0 Å². The Morgan fingerprint density at radius 3 is 1.70 bits per heavy atom. The van der Waals surface area contributed by atoms with E-state index in [2.05, 4.69) is 154 Å². The Morgan fingerprint density at radius 2 is 1.15 bits per heavy atom. The van der Waals surface area contributed by atoms with E-state index in [1.807, 2.05) is 0 Å². The Morgan fingerprint density at radius 1 is 0.675 bits per heavy atom. The van der Waals surface area contributed by atoms with Gasteiger partial charge >= 0.3 is 0 Å². The summed E-state index contributed by atoms with van der Waals surface area (Å²) in [5.41, 5.74) is 9.06. The Labute approximate surface area is 248 Å². The molecule has 0 aromatic rings. The van der Waals surface area contributed by atoms with Gasteiger partial charge in [0.05, 0.1) is 0 Å². The minimum absolute atomic E-state index is 0.347. The third-order valence-corrected chi connectivity index (χ3v) is 8.85. The predicted molar refractivity (Wildman–Crippen MR) is 181 cm³/mol. The zero-order valence-electron chi connectivity index (χ0n) is 27.5. The molecule has 0 aromatic heterocycles. The van der Waals surface area contributed by atoms with E-state index in [1.54, 1.807) is 0 Å². The second kappa shape index (κ2) is 16.0. The summed E-state index contributed by atoms with van der Waals surface area (Å²) in [4.78, 5) is 0. The molecule has 0 N–H and O–H groups in total. The summed E-state index contributed by atoms with van der Waals surface area (Å²) in [6, 6.07) is 0. The van der Waals surface area contributed by atoms with Crippen molar-refractivity contribution >= 4 is 0 Å². The van der Waals surface area contributed by atoms with Crippen LogP contribution in [0.25, 0.3) is 0 Å². The van der Waals surface area contributed by atoms with E-state index in [-0.39, 0.29) is 0 Å². The quantitative estimate of drug-likeness (QED) is 0.181. The molecule has 2 atom stereocenters. The molecule has 0 saturated carbocycles. The van der Waals surface area contributed by atoms with Crippen LogP contribution in [0.15, 0.2) is 119 Å². The lowest BCUT2D eigenvalue weighted by atomic mass is 9.68. The van der Waals surface area contributed by atoms with Crippen LogP contribution in [0.5, 0.6) is 0 Å². The molecule has 0 heterocycles. The summed E-state index contributed by atoms with van der Waals surface area (Å²) >= 11 is 0. The van der Waals surface area contributed by atoms with Crippen LogP contribution in [0.1, 0.15) is 108 Å². The predicted octanol–water partition coefficient (Wildman–Crippen LogP) is 12.5. The first-order valence-electron chi connectivity index (χ1n) is 15.5. The molecule has 0 heteroatoms. The van der Waals surface area contributed by atoms with Crippen LogP contribution in [-0.2, 0) is 0 Å². The lowest BCUT2D eigenvalue weighted by molar-refractivity contribution is 0.255. The first kappa shape index (κ1) is 33.6. The molecule has 2 aliphatic carbocycles. The third kappa shape index (κ3) is 11.5. The fourth-order valence-corrected chi connectivity index (χ4v) is 6.03. The van der Waals surface area contributed by atoms with Crippen molar-refractivity contribution in [3.8, 4) is 0 Å². The van der Waals surface area contributed by atoms with Crippen LogP contribution in [0.3, 0.4) is 0 Å². The Balaban J connectivity index is 1.81. The zero-order chi connectivity index (χ0) is 29.8. The van der Waals surface area contributed by atoms with Crippen molar-refractivity contribution < 1.29 is 0 Å². The summed E-state index contributed by atoms with van der Waals surface area (Å²) in [6.45, 7) is 23.0. The number of hydrogen-bond acceptors (Lipinski definition) is 0. The summed E-state index contributed by atoms with van der Waals surface area (Å²) in [5, 5.41) is 0. The monoisotopic (exact) mass is 538 g/mol. The summed E-state index contributed by atoms with van der Waals surface area (Å²) < 4.78 is 0. The van der Waals surface area contributed by atoms with Gasteiger partial charge < -0.3 is 0 Å². The van der Waals surface area contributed by atoms with Crippen molar-refractivity contribution in [2.24, 2.45) is 22.7 Å². The smallest absolute Gasteiger partial charge is 0.00285 e. The fraction of sp³-hybridized carbons (Fsp3) is 0.500. The van der Waals surface area contributed by atoms with Gasteiger partial charge in [-0.1, -0.05) is 146 Å². The topological polar surface area (TPSA) is 0 Å². The minimum atomic E-state index is 0.347. The highest BCUT2D eigenvalue weighted by Gasteiger charge is 2.31. The molecule has 2 aliphatic rings. The highest BCUT2D eigenvalue weighted by atomic mass is 14.4. The average Bonchev–Trinajstić information content (AvgIpc) is 2.85. The molecule has 0 aromatic carbocycles. The van der Waals surface area contributed by atoms with Crippen LogP contribution in [0, 0.1) is 22.7 Å². The second-order valence-corrected chi connectivity index (χ2v) is 13.7. The van der Waals surface area contributed by atoms with E-state index in [4.69, 9.17) is 0 Å². The van der Waals surface area contributed by atoms with Gasteiger partial charge in [-0.05, 0) is 90.9 Å². The maximum Gasteiger partial charge on any atom is 0.00285 e. The van der Waals surface area contributed by atoms with E-state index in [0.717, 1.165) is 12.8 Å². The third-order valence-electron chi connectivity index (χ3n) is 8.85. The Kier molecular flexibility index (Phi) is 13.4. The Bertz CT molecular complexity index is 1140. The zero-order valence-corrected chi connectivity index (χ0v) is 27.5. The lowest BCUT2D eigenvalue weighted by Gasteiger charge is -2.36. The van der Waals surface area contributed by atoms with Gasteiger partial charge in [0.1, 0.15) is 0 Å². The van der Waals surface area contributed by atoms with Crippen molar-refractivity contribution in [3.63, 3.8) is 0 Å². The van der Waals surface area contributed by atoms with Crippen molar-refractivity contribution in [2.75, 3.05) is 0 Å². The molecule has 2 rings (SSSR count). The highest BCUT2D eigenvalue weighted by molar-refractivity contribution is 5.31. The molecule has 218 valence electrons. The molecule has 0 aliphatic heterocycles. The van der Waals surface area contributed by atoms with E-state index >= 15 is 0 Å². The molecule has 0 saturated heterocycles. The van der Waals surface area contributed by atoms with Gasteiger partial charge in [0, 0.05) is 11.8 Å². The van der Waals surface area contributed by atoms with Crippen LogP contribution in [0.4, 0.5) is 0 Å². The standard InChI is InChI=1S/C40H58/c1-31(19-13-21-33(3)25-27-37-35(5)23-15-29-39(37,7)8)17-11-12-18-32(2)20-14-22-34(4)26-28-38-36(6)24-16-30-40(38,9)10/h11-13,17-19,21-28,37-38H,14-16,20,29-30H2,1-10H3/b12-11+,19-13+,27-25+,28-26+,31-17+,32-18+,33-21+,34-22+/t37-,38+/m0/s1. The van der Waals surface area contributed by atoms with Crippen molar-refractivity contribution in [3.05, 3.63) is 119 Å². The van der Waals surface area contributed by atoms with Gasteiger partial charge in [-0.2, -0.15) is 0 Å². The van der Waals surface area contributed by atoms with Crippen LogP contribution >= 0.6 is 0 Å². The van der Waals surface area contributed by atoms with Crippen molar-refractivity contribution in [2.45, 2.75) is 108 Å². The van der Waals surface area contributed by atoms with E-state index in [0.29, 0.717) is 22.7 Å². The van der Waals surface area contributed by atoms with Crippen LogP contribution in [0.2, 0.25) is 0 Å². The second-order valence-electron chi connectivity index (χ2n) is 13.7. The molecule has 0 bridgehead atoms. The van der Waals surface area contributed by atoms with Crippen LogP contribution < -0.4 is 0 Å².